The predicted octanol–water partition coefficient (Wildman–Crippen LogP) is 2.41. The van der Waals surface area contributed by atoms with Gasteiger partial charge in [-0.3, -0.25) is 0 Å². The molecule has 0 aliphatic heterocycles. The highest BCUT2D eigenvalue weighted by atomic mass is 79.9. The van der Waals surface area contributed by atoms with E-state index in [0.717, 1.165) is 30.5 Å². The summed E-state index contributed by atoms with van der Waals surface area (Å²) >= 11 is 3.60. The van der Waals surface area contributed by atoms with Crippen molar-refractivity contribution >= 4 is 15.9 Å². The molecule has 4 heteroatoms. The lowest BCUT2D eigenvalue weighted by Crippen LogP contribution is -2.30. The lowest BCUT2D eigenvalue weighted by atomic mass is 10.0. The van der Waals surface area contributed by atoms with Crippen molar-refractivity contribution in [3.05, 3.63) is 34.3 Å². The SMILES string of the molecule is CCN(CCO)CCC(NC)c1ccccc1Br. The number of nitrogens with zero attached hydrogens (tertiary/aromatic N) is 1. The van der Waals surface area contributed by atoms with Gasteiger partial charge in [-0.05, 0) is 31.6 Å². The molecule has 1 unspecified atom stereocenters. The van der Waals surface area contributed by atoms with E-state index in [1.165, 1.54) is 5.56 Å². The van der Waals surface area contributed by atoms with Crippen molar-refractivity contribution in [2.24, 2.45) is 0 Å². The maximum atomic E-state index is 8.99. The summed E-state index contributed by atoms with van der Waals surface area (Å²) < 4.78 is 1.15. The Morgan fingerprint density at radius 3 is 2.61 bits per heavy atom. The minimum Gasteiger partial charge on any atom is -0.395 e. The van der Waals surface area contributed by atoms with Gasteiger partial charge in [0.05, 0.1) is 6.61 Å². The van der Waals surface area contributed by atoms with Gasteiger partial charge >= 0.3 is 0 Å². The molecule has 1 aromatic rings. The highest BCUT2D eigenvalue weighted by molar-refractivity contribution is 9.10. The fourth-order valence-corrected chi connectivity index (χ4v) is 2.66. The molecule has 0 aliphatic rings. The van der Waals surface area contributed by atoms with Crippen LogP contribution >= 0.6 is 15.9 Å². The number of aliphatic hydroxyl groups excluding tert-OH is 1. The molecule has 18 heavy (non-hydrogen) atoms. The molecule has 0 amide bonds. The van der Waals surface area contributed by atoms with E-state index in [0.29, 0.717) is 6.04 Å². The Bertz CT molecular complexity index is 346. The quantitative estimate of drug-likeness (QED) is 0.773. The van der Waals surface area contributed by atoms with Crippen LogP contribution in [0.2, 0.25) is 0 Å². The molecule has 102 valence electrons. The van der Waals surface area contributed by atoms with Gasteiger partial charge in [0.25, 0.3) is 0 Å². The van der Waals surface area contributed by atoms with Crippen LogP contribution in [0.3, 0.4) is 0 Å². The molecular formula is C14H23BrN2O. The van der Waals surface area contributed by atoms with Crippen LogP contribution in [-0.4, -0.2) is 43.3 Å². The molecule has 0 heterocycles. The largest absolute Gasteiger partial charge is 0.395 e. The number of benzene rings is 1. The average molecular weight is 315 g/mol. The van der Waals surface area contributed by atoms with Crippen LogP contribution in [0.15, 0.2) is 28.7 Å². The Morgan fingerprint density at radius 1 is 1.33 bits per heavy atom. The first-order chi connectivity index (χ1) is 8.72. The molecule has 0 aromatic heterocycles. The van der Waals surface area contributed by atoms with E-state index >= 15 is 0 Å². The Labute approximate surface area is 118 Å². The van der Waals surface area contributed by atoms with Crippen molar-refractivity contribution in [2.45, 2.75) is 19.4 Å². The lowest BCUT2D eigenvalue weighted by molar-refractivity contribution is 0.196. The molecule has 0 aliphatic carbocycles. The molecule has 0 spiro atoms. The second-order valence-corrected chi connectivity index (χ2v) is 5.16. The normalized spacial score (nSPS) is 12.9. The van der Waals surface area contributed by atoms with Crippen molar-refractivity contribution in [1.29, 1.82) is 0 Å². The molecule has 1 aromatic carbocycles. The zero-order valence-corrected chi connectivity index (χ0v) is 12.8. The summed E-state index contributed by atoms with van der Waals surface area (Å²) in [5, 5.41) is 12.3. The predicted molar refractivity (Wildman–Crippen MR) is 79.8 cm³/mol. The fraction of sp³-hybridized carbons (Fsp3) is 0.571. The zero-order chi connectivity index (χ0) is 13.4. The summed E-state index contributed by atoms with van der Waals surface area (Å²) in [7, 11) is 1.99. The summed E-state index contributed by atoms with van der Waals surface area (Å²) in [6.07, 6.45) is 1.03. The maximum absolute atomic E-state index is 8.99. The molecular weight excluding hydrogens is 292 g/mol. The first-order valence-electron chi connectivity index (χ1n) is 6.47. The van der Waals surface area contributed by atoms with E-state index in [1.807, 2.05) is 13.1 Å². The van der Waals surface area contributed by atoms with Crippen LogP contribution in [0.5, 0.6) is 0 Å². The maximum Gasteiger partial charge on any atom is 0.0558 e. The van der Waals surface area contributed by atoms with Crippen LogP contribution in [-0.2, 0) is 0 Å². The average Bonchev–Trinajstić information content (AvgIpc) is 2.40. The molecule has 0 fully saturated rings. The highest BCUT2D eigenvalue weighted by Gasteiger charge is 2.13. The summed E-state index contributed by atoms with van der Waals surface area (Å²) in [4.78, 5) is 2.27. The highest BCUT2D eigenvalue weighted by Crippen LogP contribution is 2.25. The van der Waals surface area contributed by atoms with Crippen LogP contribution < -0.4 is 5.32 Å². The monoisotopic (exact) mass is 314 g/mol. The Kier molecular flexibility index (Phi) is 7.51. The van der Waals surface area contributed by atoms with Gasteiger partial charge in [-0.15, -0.1) is 0 Å². The second kappa shape index (κ2) is 8.64. The standard InChI is InChI=1S/C14H23BrN2O/c1-3-17(10-11-18)9-8-14(16-2)12-6-4-5-7-13(12)15/h4-7,14,16,18H,3,8-11H2,1-2H3. The Morgan fingerprint density at radius 2 is 2.06 bits per heavy atom. The number of rotatable bonds is 8. The topological polar surface area (TPSA) is 35.5 Å². The van der Waals surface area contributed by atoms with Crippen LogP contribution in [0.4, 0.5) is 0 Å². The summed E-state index contributed by atoms with van der Waals surface area (Å²) in [5.41, 5.74) is 1.29. The number of halogens is 1. The van der Waals surface area contributed by atoms with E-state index in [9.17, 15) is 0 Å². The molecule has 0 saturated heterocycles. The third kappa shape index (κ3) is 4.69. The van der Waals surface area contributed by atoms with Gasteiger partial charge in [-0.25, -0.2) is 0 Å². The summed E-state index contributed by atoms with van der Waals surface area (Å²) in [5.74, 6) is 0. The van der Waals surface area contributed by atoms with Gasteiger partial charge in [0, 0.05) is 23.6 Å². The molecule has 1 atom stereocenters. The number of hydrogen-bond donors (Lipinski definition) is 2. The number of likely N-dealkylation sites (N-methyl/N-ethyl adjacent to an activating group) is 1. The van der Waals surface area contributed by atoms with Crippen LogP contribution in [0, 0.1) is 0 Å². The number of nitrogens with one attached hydrogen (secondary N) is 1. The summed E-state index contributed by atoms with van der Waals surface area (Å²) in [6.45, 7) is 5.08. The van der Waals surface area contributed by atoms with E-state index in [-0.39, 0.29) is 6.61 Å². The smallest absolute Gasteiger partial charge is 0.0558 e. The van der Waals surface area contributed by atoms with Crippen molar-refractivity contribution in [1.82, 2.24) is 10.2 Å². The minimum atomic E-state index is 0.229. The fourth-order valence-electron chi connectivity index (χ4n) is 2.09. The molecule has 1 rings (SSSR count). The Balaban J connectivity index is 2.60. The second-order valence-electron chi connectivity index (χ2n) is 4.31. The molecule has 2 N–H and O–H groups in total. The first-order valence-corrected chi connectivity index (χ1v) is 7.27. The van der Waals surface area contributed by atoms with E-state index in [1.54, 1.807) is 0 Å². The molecule has 0 radical (unpaired) electrons. The van der Waals surface area contributed by atoms with Gasteiger partial charge < -0.3 is 15.3 Å². The van der Waals surface area contributed by atoms with Gasteiger partial charge in [0.1, 0.15) is 0 Å². The van der Waals surface area contributed by atoms with Crippen molar-refractivity contribution in [3.63, 3.8) is 0 Å². The minimum absolute atomic E-state index is 0.229. The van der Waals surface area contributed by atoms with E-state index in [4.69, 9.17) is 5.11 Å². The van der Waals surface area contributed by atoms with E-state index < -0.39 is 0 Å². The third-order valence-electron chi connectivity index (χ3n) is 3.23. The van der Waals surface area contributed by atoms with Gasteiger partial charge in [0.15, 0.2) is 0 Å². The molecule has 0 bridgehead atoms. The van der Waals surface area contributed by atoms with Gasteiger partial charge in [0.2, 0.25) is 0 Å². The number of aliphatic hydroxyl groups is 1. The third-order valence-corrected chi connectivity index (χ3v) is 3.95. The van der Waals surface area contributed by atoms with Crippen molar-refractivity contribution < 1.29 is 5.11 Å². The Hall–Kier alpha value is -0.420. The van der Waals surface area contributed by atoms with Crippen LogP contribution in [0.25, 0.3) is 0 Å². The van der Waals surface area contributed by atoms with E-state index in [2.05, 4.69) is 51.3 Å². The van der Waals surface area contributed by atoms with Crippen molar-refractivity contribution in [2.75, 3.05) is 33.3 Å². The van der Waals surface area contributed by atoms with Crippen LogP contribution in [0.1, 0.15) is 24.9 Å². The van der Waals surface area contributed by atoms with Gasteiger partial charge in [-0.1, -0.05) is 41.1 Å². The zero-order valence-electron chi connectivity index (χ0n) is 11.2. The van der Waals surface area contributed by atoms with Crippen molar-refractivity contribution in [3.8, 4) is 0 Å². The van der Waals surface area contributed by atoms with Gasteiger partial charge in [-0.2, -0.15) is 0 Å². The lowest BCUT2D eigenvalue weighted by Gasteiger charge is -2.24. The summed E-state index contributed by atoms with van der Waals surface area (Å²) in [6, 6.07) is 8.66. The molecule has 3 nitrogen and oxygen atoms in total. The molecule has 0 saturated carbocycles. The first kappa shape index (κ1) is 15.6. The number of hydrogen-bond acceptors (Lipinski definition) is 3.